The lowest BCUT2D eigenvalue weighted by Gasteiger charge is -2.32. The van der Waals surface area contributed by atoms with Gasteiger partial charge >= 0.3 is 0 Å². The predicted molar refractivity (Wildman–Crippen MR) is 98.9 cm³/mol. The van der Waals surface area contributed by atoms with Crippen molar-refractivity contribution >= 4 is 17.2 Å². The quantitative estimate of drug-likeness (QED) is 0.791. The maximum atomic E-state index is 12.8. The highest BCUT2D eigenvalue weighted by atomic mass is 32.1. The molecular formula is C19H26N4OS. The number of rotatable bonds is 6. The summed E-state index contributed by atoms with van der Waals surface area (Å²) < 4.78 is 2.32. The first-order chi connectivity index (χ1) is 12.2. The van der Waals surface area contributed by atoms with E-state index in [9.17, 15) is 4.79 Å². The van der Waals surface area contributed by atoms with Crippen molar-refractivity contribution in [2.24, 2.45) is 5.92 Å². The lowest BCUT2D eigenvalue weighted by molar-refractivity contribution is 0.0698. The number of thiazole rings is 1. The Bertz CT molecular complexity index is 733. The van der Waals surface area contributed by atoms with Crippen LogP contribution in [0.4, 0.5) is 0 Å². The van der Waals surface area contributed by atoms with Crippen molar-refractivity contribution in [2.45, 2.75) is 57.9 Å². The Labute approximate surface area is 153 Å². The van der Waals surface area contributed by atoms with Crippen LogP contribution in [0.3, 0.4) is 0 Å². The lowest BCUT2D eigenvalue weighted by atomic mass is 9.96. The van der Waals surface area contributed by atoms with Crippen molar-refractivity contribution in [1.82, 2.24) is 19.4 Å². The number of imidazole rings is 1. The number of carbonyl (C=O) groups excluding carboxylic acids is 1. The van der Waals surface area contributed by atoms with Gasteiger partial charge in [-0.1, -0.05) is 6.92 Å². The summed E-state index contributed by atoms with van der Waals surface area (Å²) in [5.41, 5.74) is 0.621. The summed E-state index contributed by atoms with van der Waals surface area (Å²) in [5, 5.41) is 2.99. The molecule has 5 nitrogen and oxygen atoms in total. The van der Waals surface area contributed by atoms with Crippen LogP contribution in [-0.2, 0) is 13.0 Å². The standard InChI is InChI=1S/C19H26N4OS/c1-2-4-17-21-16(13-25-17)19(24)23-9-3-5-15(12-23)18-20-8-10-22(18)11-14-6-7-14/h8,10,13-15H,2-7,9,11-12H2,1H3/t15-/m1/s1. The van der Waals surface area contributed by atoms with Gasteiger partial charge in [0.2, 0.25) is 0 Å². The normalized spacial score (nSPS) is 20.8. The number of amides is 1. The van der Waals surface area contributed by atoms with Crippen LogP contribution in [0.1, 0.15) is 66.3 Å². The highest BCUT2D eigenvalue weighted by molar-refractivity contribution is 7.09. The molecule has 0 spiro atoms. The van der Waals surface area contributed by atoms with Crippen LogP contribution < -0.4 is 0 Å². The summed E-state index contributed by atoms with van der Waals surface area (Å²) in [6.07, 6.45) is 10.9. The van der Waals surface area contributed by atoms with Crippen molar-refractivity contribution in [3.8, 4) is 0 Å². The van der Waals surface area contributed by atoms with Crippen LogP contribution in [0, 0.1) is 5.92 Å². The summed E-state index contributed by atoms with van der Waals surface area (Å²) in [6, 6.07) is 0. The molecule has 2 aromatic heterocycles. The maximum Gasteiger partial charge on any atom is 0.273 e. The molecule has 0 N–H and O–H groups in total. The van der Waals surface area contributed by atoms with E-state index in [0.717, 1.165) is 62.1 Å². The average molecular weight is 359 g/mol. The van der Waals surface area contributed by atoms with E-state index in [1.54, 1.807) is 11.3 Å². The molecular weight excluding hydrogens is 332 g/mol. The zero-order valence-electron chi connectivity index (χ0n) is 14.9. The lowest BCUT2D eigenvalue weighted by Crippen LogP contribution is -2.40. The number of piperidine rings is 1. The largest absolute Gasteiger partial charge is 0.337 e. The van der Waals surface area contributed by atoms with Gasteiger partial charge in [0, 0.05) is 43.3 Å². The summed E-state index contributed by atoms with van der Waals surface area (Å²) in [6.45, 7) is 4.83. The van der Waals surface area contributed by atoms with Gasteiger partial charge in [0.15, 0.2) is 0 Å². The van der Waals surface area contributed by atoms with E-state index in [1.165, 1.54) is 12.8 Å². The van der Waals surface area contributed by atoms with Gasteiger partial charge in [0.05, 0.1) is 5.01 Å². The van der Waals surface area contributed by atoms with E-state index in [1.807, 2.05) is 16.5 Å². The fourth-order valence-electron chi connectivity index (χ4n) is 3.69. The van der Waals surface area contributed by atoms with Crippen LogP contribution in [0.15, 0.2) is 17.8 Å². The number of nitrogens with zero attached hydrogens (tertiary/aromatic N) is 4. The van der Waals surface area contributed by atoms with E-state index in [2.05, 4.69) is 27.7 Å². The molecule has 0 unspecified atom stereocenters. The van der Waals surface area contributed by atoms with Crippen molar-refractivity contribution < 1.29 is 4.79 Å². The first kappa shape index (κ1) is 16.8. The molecule has 2 aliphatic rings. The minimum Gasteiger partial charge on any atom is -0.337 e. The molecule has 1 saturated carbocycles. The molecule has 0 radical (unpaired) electrons. The molecule has 1 amide bonds. The van der Waals surface area contributed by atoms with Gasteiger partial charge in [0.1, 0.15) is 11.5 Å². The number of likely N-dealkylation sites (tertiary alicyclic amines) is 1. The molecule has 6 heteroatoms. The molecule has 134 valence electrons. The average Bonchev–Trinajstić information content (AvgIpc) is 3.12. The number of hydrogen-bond donors (Lipinski definition) is 0. The summed E-state index contributed by atoms with van der Waals surface area (Å²) in [5.74, 6) is 2.43. The Morgan fingerprint density at radius 1 is 1.36 bits per heavy atom. The fraction of sp³-hybridized carbons (Fsp3) is 0.632. The third-order valence-corrected chi connectivity index (χ3v) is 6.12. The van der Waals surface area contributed by atoms with Gasteiger partial charge in [-0.2, -0.15) is 0 Å². The van der Waals surface area contributed by atoms with E-state index in [-0.39, 0.29) is 5.91 Å². The molecule has 1 aliphatic carbocycles. The zero-order chi connectivity index (χ0) is 17.2. The number of aryl methyl sites for hydroxylation is 1. The molecule has 2 aromatic rings. The smallest absolute Gasteiger partial charge is 0.273 e. The van der Waals surface area contributed by atoms with Gasteiger partial charge < -0.3 is 9.47 Å². The predicted octanol–water partition coefficient (Wildman–Crippen LogP) is 3.72. The number of aromatic nitrogens is 3. The number of hydrogen-bond acceptors (Lipinski definition) is 4. The molecule has 1 atom stereocenters. The molecule has 25 heavy (non-hydrogen) atoms. The van der Waals surface area contributed by atoms with Crippen molar-refractivity contribution in [3.05, 3.63) is 34.3 Å². The summed E-state index contributed by atoms with van der Waals surface area (Å²) >= 11 is 1.61. The maximum absolute atomic E-state index is 12.8. The second-order valence-corrected chi connectivity index (χ2v) is 8.29. The molecule has 0 aromatic carbocycles. The number of carbonyl (C=O) groups is 1. The SMILES string of the molecule is CCCc1nc(C(=O)N2CCC[C@@H](c3nccn3CC3CC3)C2)cs1. The minimum atomic E-state index is 0.0867. The Morgan fingerprint density at radius 3 is 3.04 bits per heavy atom. The van der Waals surface area contributed by atoms with Crippen LogP contribution in [-0.4, -0.2) is 38.4 Å². The molecule has 1 saturated heterocycles. The van der Waals surface area contributed by atoms with E-state index < -0.39 is 0 Å². The Balaban J connectivity index is 1.45. The summed E-state index contributed by atoms with van der Waals surface area (Å²) in [7, 11) is 0. The molecule has 1 aliphatic heterocycles. The third kappa shape index (κ3) is 3.78. The first-order valence-electron chi connectivity index (χ1n) is 9.49. The van der Waals surface area contributed by atoms with Gasteiger partial charge in [-0.25, -0.2) is 9.97 Å². The molecule has 3 heterocycles. The Hall–Kier alpha value is -1.69. The highest BCUT2D eigenvalue weighted by Crippen LogP contribution is 2.33. The second kappa shape index (κ2) is 7.28. The van der Waals surface area contributed by atoms with Crippen molar-refractivity contribution in [1.29, 1.82) is 0 Å². The van der Waals surface area contributed by atoms with Crippen LogP contribution in [0.2, 0.25) is 0 Å². The Kier molecular flexibility index (Phi) is 4.88. The van der Waals surface area contributed by atoms with Crippen LogP contribution in [0.25, 0.3) is 0 Å². The topological polar surface area (TPSA) is 51.0 Å². The minimum absolute atomic E-state index is 0.0867. The van der Waals surface area contributed by atoms with Crippen molar-refractivity contribution in [2.75, 3.05) is 13.1 Å². The summed E-state index contributed by atoms with van der Waals surface area (Å²) in [4.78, 5) is 24.0. The van der Waals surface area contributed by atoms with Gasteiger partial charge in [-0.3, -0.25) is 4.79 Å². The zero-order valence-corrected chi connectivity index (χ0v) is 15.7. The molecule has 2 fully saturated rings. The van der Waals surface area contributed by atoms with E-state index in [4.69, 9.17) is 0 Å². The monoisotopic (exact) mass is 358 g/mol. The van der Waals surface area contributed by atoms with E-state index in [0.29, 0.717) is 11.6 Å². The van der Waals surface area contributed by atoms with Crippen molar-refractivity contribution in [3.63, 3.8) is 0 Å². The molecule has 0 bridgehead atoms. The highest BCUT2D eigenvalue weighted by Gasteiger charge is 2.30. The van der Waals surface area contributed by atoms with Crippen LogP contribution in [0.5, 0.6) is 0 Å². The third-order valence-electron chi connectivity index (χ3n) is 5.21. The fourth-order valence-corrected chi connectivity index (χ4v) is 4.56. The second-order valence-electron chi connectivity index (χ2n) is 7.35. The first-order valence-corrected chi connectivity index (χ1v) is 10.4. The van der Waals surface area contributed by atoms with E-state index >= 15 is 0 Å². The van der Waals surface area contributed by atoms with Gasteiger partial charge in [-0.15, -0.1) is 11.3 Å². The van der Waals surface area contributed by atoms with Gasteiger partial charge in [-0.05, 0) is 44.4 Å². The van der Waals surface area contributed by atoms with Crippen LogP contribution >= 0.6 is 11.3 Å². The van der Waals surface area contributed by atoms with Gasteiger partial charge in [0.25, 0.3) is 5.91 Å². The Morgan fingerprint density at radius 2 is 2.24 bits per heavy atom. The molecule has 4 rings (SSSR count).